The van der Waals surface area contributed by atoms with E-state index in [-0.39, 0.29) is 5.91 Å². The van der Waals surface area contributed by atoms with Crippen LogP contribution in [0.1, 0.15) is 31.7 Å². The Bertz CT molecular complexity index is 745. The number of hydrogen-bond donors (Lipinski definition) is 2. The van der Waals surface area contributed by atoms with Gasteiger partial charge in [0.15, 0.2) is 0 Å². The van der Waals surface area contributed by atoms with Crippen LogP contribution >= 0.6 is 11.6 Å². The van der Waals surface area contributed by atoms with Gasteiger partial charge in [-0.3, -0.25) is 4.79 Å². The van der Waals surface area contributed by atoms with Gasteiger partial charge in [0, 0.05) is 30.8 Å². The molecule has 0 radical (unpaired) electrons. The third kappa shape index (κ3) is 5.30. The zero-order valence-electron chi connectivity index (χ0n) is 15.6. The minimum atomic E-state index is -0.0605. The van der Waals surface area contributed by atoms with Crippen LogP contribution in [-0.4, -0.2) is 26.7 Å². The predicted molar refractivity (Wildman–Crippen MR) is 107 cm³/mol. The van der Waals surface area contributed by atoms with E-state index >= 15 is 0 Å². The molecule has 0 bridgehead atoms. The van der Waals surface area contributed by atoms with Gasteiger partial charge < -0.3 is 20.1 Å². The topological polar surface area (TPSA) is 59.6 Å². The van der Waals surface area contributed by atoms with Crippen LogP contribution in [-0.2, 0) is 4.79 Å². The fraction of sp³-hybridized carbons (Fsp3) is 0.350. The lowest BCUT2D eigenvalue weighted by atomic mass is 10.0. The molecule has 0 spiro atoms. The maximum atomic E-state index is 12.1. The number of rotatable bonds is 8. The number of methoxy groups -OCH3 is 2. The van der Waals surface area contributed by atoms with Crippen molar-refractivity contribution in [2.24, 2.45) is 0 Å². The summed E-state index contributed by atoms with van der Waals surface area (Å²) in [5.74, 6) is 1.55. The van der Waals surface area contributed by atoms with Crippen LogP contribution in [0.5, 0.6) is 11.5 Å². The number of benzene rings is 2. The van der Waals surface area contributed by atoms with Crippen LogP contribution in [0.3, 0.4) is 0 Å². The van der Waals surface area contributed by atoms with Gasteiger partial charge in [-0.1, -0.05) is 37.6 Å². The molecule has 0 aromatic heterocycles. The number of halogens is 1. The molecule has 0 fully saturated rings. The van der Waals surface area contributed by atoms with Crippen molar-refractivity contribution in [2.75, 3.05) is 31.4 Å². The molecule has 0 heterocycles. The van der Waals surface area contributed by atoms with E-state index in [4.69, 9.17) is 21.1 Å². The quantitative estimate of drug-likeness (QED) is 0.686. The molecule has 1 amide bonds. The molecular weight excluding hydrogens is 352 g/mol. The fourth-order valence-corrected chi connectivity index (χ4v) is 2.71. The Morgan fingerprint density at radius 2 is 1.73 bits per heavy atom. The van der Waals surface area contributed by atoms with Crippen molar-refractivity contribution in [1.29, 1.82) is 0 Å². The Balaban J connectivity index is 1.90. The van der Waals surface area contributed by atoms with E-state index in [0.29, 0.717) is 35.4 Å². The van der Waals surface area contributed by atoms with E-state index in [0.717, 1.165) is 11.4 Å². The molecule has 6 heteroatoms. The summed E-state index contributed by atoms with van der Waals surface area (Å²) < 4.78 is 10.5. The monoisotopic (exact) mass is 376 g/mol. The lowest BCUT2D eigenvalue weighted by molar-refractivity contribution is -0.115. The Labute approximate surface area is 159 Å². The summed E-state index contributed by atoms with van der Waals surface area (Å²) in [6, 6.07) is 11.3. The second kappa shape index (κ2) is 9.34. The van der Waals surface area contributed by atoms with Crippen LogP contribution in [0.25, 0.3) is 0 Å². The van der Waals surface area contributed by atoms with Crippen LogP contribution in [0.15, 0.2) is 36.4 Å². The zero-order chi connectivity index (χ0) is 19.1. The third-order valence-electron chi connectivity index (χ3n) is 4.00. The molecule has 0 unspecified atom stereocenters. The predicted octanol–water partition coefficient (Wildman–Crippen LogP) is 4.92. The van der Waals surface area contributed by atoms with Crippen LogP contribution < -0.4 is 20.1 Å². The molecule has 2 N–H and O–H groups in total. The number of anilines is 2. The molecule has 5 nitrogen and oxygen atoms in total. The van der Waals surface area contributed by atoms with Gasteiger partial charge in [0.05, 0.1) is 24.9 Å². The summed E-state index contributed by atoms with van der Waals surface area (Å²) in [7, 11) is 3.12. The molecule has 0 aliphatic heterocycles. The Morgan fingerprint density at radius 3 is 2.31 bits per heavy atom. The van der Waals surface area contributed by atoms with Crippen LogP contribution in [0.4, 0.5) is 11.4 Å². The highest BCUT2D eigenvalue weighted by Gasteiger charge is 2.10. The smallest absolute Gasteiger partial charge is 0.226 e. The molecule has 0 atom stereocenters. The van der Waals surface area contributed by atoms with Crippen molar-refractivity contribution in [2.45, 2.75) is 26.2 Å². The number of amides is 1. The fourth-order valence-electron chi connectivity index (χ4n) is 2.48. The van der Waals surface area contributed by atoms with Crippen LogP contribution in [0, 0.1) is 0 Å². The van der Waals surface area contributed by atoms with Crippen molar-refractivity contribution in [3.63, 3.8) is 0 Å². The van der Waals surface area contributed by atoms with Crippen molar-refractivity contribution < 1.29 is 14.3 Å². The maximum Gasteiger partial charge on any atom is 0.226 e. The SMILES string of the molecule is COc1cc(NCCC(=O)Nc2ccc(C(C)C)cc2)c(OC)cc1Cl. The average Bonchev–Trinajstić information content (AvgIpc) is 2.62. The van der Waals surface area contributed by atoms with Gasteiger partial charge >= 0.3 is 0 Å². The summed E-state index contributed by atoms with van der Waals surface area (Å²) in [4.78, 5) is 12.1. The number of hydrogen-bond acceptors (Lipinski definition) is 4. The Kier molecular flexibility index (Phi) is 7.16. The molecule has 0 aliphatic carbocycles. The molecule has 140 valence electrons. The minimum Gasteiger partial charge on any atom is -0.495 e. The van der Waals surface area contributed by atoms with E-state index in [9.17, 15) is 4.79 Å². The van der Waals surface area contributed by atoms with E-state index < -0.39 is 0 Å². The van der Waals surface area contributed by atoms with E-state index in [1.54, 1.807) is 26.4 Å². The normalized spacial score (nSPS) is 10.5. The van der Waals surface area contributed by atoms with Gasteiger partial charge in [-0.25, -0.2) is 0 Å². The van der Waals surface area contributed by atoms with E-state index in [1.807, 2.05) is 24.3 Å². The van der Waals surface area contributed by atoms with Gasteiger partial charge in [-0.2, -0.15) is 0 Å². The second-order valence-electron chi connectivity index (χ2n) is 6.19. The Morgan fingerprint density at radius 1 is 1.08 bits per heavy atom. The number of carbonyl (C=O) groups excluding carboxylic acids is 1. The molecule has 0 saturated heterocycles. The number of carbonyl (C=O) groups is 1. The van der Waals surface area contributed by atoms with Crippen molar-refractivity contribution in [1.82, 2.24) is 0 Å². The summed E-state index contributed by atoms with van der Waals surface area (Å²) in [5, 5.41) is 6.55. The van der Waals surface area contributed by atoms with E-state index in [1.165, 1.54) is 5.56 Å². The second-order valence-corrected chi connectivity index (χ2v) is 6.60. The highest BCUT2D eigenvalue weighted by molar-refractivity contribution is 6.32. The lowest BCUT2D eigenvalue weighted by Gasteiger charge is -2.14. The van der Waals surface area contributed by atoms with Crippen molar-refractivity contribution in [3.8, 4) is 11.5 Å². The van der Waals surface area contributed by atoms with Gasteiger partial charge in [-0.15, -0.1) is 0 Å². The van der Waals surface area contributed by atoms with Gasteiger partial charge in [0.1, 0.15) is 11.5 Å². The molecule has 2 aromatic carbocycles. The standard InChI is InChI=1S/C20H25ClN2O3/c1-13(2)14-5-7-15(8-6-14)23-20(24)9-10-22-17-12-18(25-3)16(21)11-19(17)26-4/h5-8,11-13,22H,9-10H2,1-4H3,(H,23,24). The maximum absolute atomic E-state index is 12.1. The molecule has 2 aromatic rings. The first-order valence-corrected chi connectivity index (χ1v) is 8.87. The Hall–Kier alpha value is -2.40. The van der Waals surface area contributed by atoms with Crippen LogP contribution in [0.2, 0.25) is 5.02 Å². The first-order chi connectivity index (χ1) is 12.4. The number of ether oxygens (including phenoxy) is 2. The summed E-state index contributed by atoms with van der Waals surface area (Å²) in [5.41, 5.74) is 2.77. The summed E-state index contributed by atoms with van der Waals surface area (Å²) >= 11 is 6.09. The van der Waals surface area contributed by atoms with Gasteiger partial charge in [-0.05, 0) is 23.6 Å². The third-order valence-corrected chi connectivity index (χ3v) is 4.30. The van der Waals surface area contributed by atoms with Crippen molar-refractivity contribution >= 4 is 28.9 Å². The highest BCUT2D eigenvalue weighted by Crippen LogP contribution is 2.35. The molecule has 0 aliphatic rings. The highest BCUT2D eigenvalue weighted by atomic mass is 35.5. The molecule has 26 heavy (non-hydrogen) atoms. The van der Waals surface area contributed by atoms with Crippen molar-refractivity contribution in [3.05, 3.63) is 47.0 Å². The molecular formula is C20H25ClN2O3. The number of nitrogens with one attached hydrogen (secondary N) is 2. The summed E-state index contributed by atoms with van der Waals surface area (Å²) in [6.45, 7) is 4.73. The first-order valence-electron chi connectivity index (χ1n) is 8.49. The minimum absolute atomic E-state index is 0.0605. The van der Waals surface area contributed by atoms with E-state index in [2.05, 4.69) is 24.5 Å². The van der Waals surface area contributed by atoms with Gasteiger partial charge in [0.25, 0.3) is 0 Å². The summed E-state index contributed by atoms with van der Waals surface area (Å²) in [6.07, 6.45) is 0.319. The largest absolute Gasteiger partial charge is 0.495 e. The van der Waals surface area contributed by atoms with Gasteiger partial charge in [0.2, 0.25) is 5.91 Å². The lowest BCUT2D eigenvalue weighted by Crippen LogP contribution is -2.16. The molecule has 2 rings (SSSR count). The average molecular weight is 377 g/mol. The first kappa shape index (κ1) is 19.9. The molecule has 0 saturated carbocycles. The zero-order valence-corrected chi connectivity index (χ0v) is 16.3.